The van der Waals surface area contributed by atoms with Crippen molar-refractivity contribution in [1.82, 2.24) is 25.5 Å². The van der Waals surface area contributed by atoms with Crippen LogP contribution in [0.15, 0.2) is 29.4 Å². The van der Waals surface area contributed by atoms with Crippen molar-refractivity contribution in [2.75, 3.05) is 6.61 Å². The first-order valence-corrected chi connectivity index (χ1v) is 9.07. The fraction of sp³-hybridized carbons (Fsp3) is 0.500. The van der Waals surface area contributed by atoms with Crippen molar-refractivity contribution in [2.45, 2.75) is 49.4 Å². The van der Waals surface area contributed by atoms with Crippen LogP contribution < -0.4 is 5.32 Å². The molecule has 2 atom stereocenters. The average molecular weight is 365 g/mol. The molecule has 0 spiro atoms. The Bertz CT molecular complexity index is 720. The first-order valence-electron chi connectivity index (χ1n) is 8.19. The normalized spacial score (nSPS) is 18.2. The van der Waals surface area contributed by atoms with Crippen LogP contribution >= 0.6 is 11.8 Å². The lowest BCUT2D eigenvalue weighted by molar-refractivity contribution is -0.120. The molecule has 0 aliphatic carbocycles. The Labute approximate surface area is 149 Å². The van der Waals surface area contributed by atoms with Gasteiger partial charge in [0.25, 0.3) is 0 Å². The van der Waals surface area contributed by atoms with Crippen LogP contribution in [0.2, 0.25) is 0 Å². The number of benzene rings is 1. The van der Waals surface area contributed by atoms with E-state index in [4.69, 9.17) is 4.74 Å². The molecule has 1 aliphatic heterocycles. The lowest BCUT2D eigenvalue weighted by Crippen LogP contribution is -2.31. The van der Waals surface area contributed by atoms with Crippen LogP contribution in [-0.4, -0.2) is 44.1 Å². The SMILES string of the molecule is CC(Sc1nnnn1CC1CCCO1)C(=O)NCc1ccccc1F. The third-order valence-electron chi connectivity index (χ3n) is 3.96. The average Bonchev–Trinajstić information content (AvgIpc) is 3.27. The Hall–Kier alpha value is -2.00. The second-order valence-electron chi connectivity index (χ2n) is 5.85. The highest BCUT2D eigenvalue weighted by Crippen LogP contribution is 2.22. The Morgan fingerprint density at radius 1 is 1.52 bits per heavy atom. The van der Waals surface area contributed by atoms with Crippen LogP contribution in [0.1, 0.15) is 25.3 Å². The van der Waals surface area contributed by atoms with E-state index in [1.807, 2.05) is 0 Å². The molecule has 7 nitrogen and oxygen atoms in total. The fourth-order valence-corrected chi connectivity index (χ4v) is 3.38. The van der Waals surface area contributed by atoms with Crippen molar-refractivity contribution in [1.29, 1.82) is 0 Å². The van der Waals surface area contributed by atoms with E-state index < -0.39 is 5.25 Å². The molecule has 0 radical (unpaired) electrons. The number of halogens is 1. The molecule has 1 aliphatic rings. The molecule has 1 saturated heterocycles. The zero-order valence-corrected chi connectivity index (χ0v) is 14.7. The number of carbonyl (C=O) groups excluding carboxylic acids is 1. The number of ether oxygens (including phenoxy) is 1. The first kappa shape index (κ1) is 17.8. The highest BCUT2D eigenvalue weighted by Gasteiger charge is 2.22. The number of rotatable bonds is 7. The molecule has 134 valence electrons. The molecule has 1 N–H and O–H groups in total. The standard InChI is InChI=1S/C16H20FN5O2S/c1-11(15(23)18-9-12-5-2-3-7-14(12)17)25-16-19-20-21-22(16)10-13-6-4-8-24-13/h2-3,5,7,11,13H,4,6,8-10H2,1H3,(H,18,23). The van der Waals surface area contributed by atoms with Crippen molar-refractivity contribution in [3.8, 4) is 0 Å². The monoisotopic (exact) mass is 365 g/mol. The number of amides is 1. The zero-order valence-electron chi connectivity index (χ0n) is 13.9. The number of hydrogen-bond acceptors (Lipinski definition) is 6. The summed E-state index contributed by atoms with van der Waals surface area (Å²) < 4.78 is 20.9. The van der Waals surface area contributed by atoms with Crippen LogP contribution in [0.5, 0.6) is 0 Å². The van der Waals surface area contributed by atoms with Gasteiger partial charge in [0.1, 0.15) is 5.82 Å². The topological polar surface area (TPSA) is 81.9 Å². The molecule has 1 aromatic carbocycles. The molecule has 25 heavy (non-hydrogen) atoms. The number of carbonyl (C=O) groups is 1. The molecular weight excluding hydrogens is 345 g/mol. The first-order chi connectivity index (χ1) is 12.1. The predicted octanol–water partition coefficient (Wildman–Crippen LogP) is 1.79. The van der Waals surface area contributed by atoms with E-state index in [2.05, 4.69) is 20.8 Å². The lowest BCUT2D eigenvalue weighted by atomic mass is 10.2. The summed E-state index contributed by atoms with van der Waals surface area (Å²) in [6, 6.07) is 6.38. The van der Waals surface area contributed by atoms with Gasteiger partial charge < -0.3 is 10.1 Å². The van der Waals surface area contributed by atoms with Crippen molar-refractivity contribution in [3.05, 3.63) is 35.6 Å². The zero-order chi connectivity index (χ0) is 17.6. The van der Waals surface area contributed by atoms with Gasteiger partial charge in [0.15, 0.2) is 0 Å². The summed E-state index contributed by atoms with van der Waals surface area (Å²) in [4.78, 5) is 12.3. The predicted molar refractivity (Wildman–Crippen MR) is 90.4 cm³/mol. The number of nitrogens with zero attached hydrogens (tertiary/aromatic N) is 4. The van der Waals surface area contributed by atoms with Crippen molar-refractivity contribution in [3.63, 3.8) is 0 Å². The van der Waals surface area contributed by atoms with Gasteiger partial charge in [0, 0.05) is 18.7 Å². The molecule has 1 amide bonds. The van der Waals surface area contributed by atoms with E-state index in [0.29, 0.717) is 17.3 Å². The summed E-state index contributed by atoms with van der Waals surface area (Å²) in [5, 5.41) is 14.6. The van der Waals surface area contributed by atoms with E-state index in [0.717, 1.165) is 19.4 Å². The molecular formula is C16H20FN5O2S. The second-order valence-corrected chi connectivity index (χ2v) is 7.16. The summed E-state index contributed by atoms with van der Waals surface area (Å²) >= 11 is 1.27. The maximum atomic E-state index is 13.6. The number of tetrazole rings is 1. The Balaban J connectivity index is 1.53. The van der Waals surface area contributed by atoms with Crippen molar-refractivity contribution >= 4 is 17.7 Å². The summed E-state index contributed by atoms with van der Waals surface area (Å²) in [5.74, 6) is -0.525. The maximum absolute atomic E-state index is 13.6. The van der Waals surface area contributed by atoms with E-state index in [9.17, 15) is 9.18 Å². The van der Waals surface area contributed by atoms with Crippen LogP contribution in [0.25, 0.3) is 0 Å². The minimum Gasteiger partial charge on any atom is -0.376 e. The highest BCUT2D eigenvalue weighted by atomic mass is 32.2. The number of hydrogen-bond donors (Lipinski definition) is 1. The van der Waals surface area contributed by atoms with Gasteiger partial charge in [-0.25, -0.2) is 9.07 Å². The fourth-order valence-electron chi connectivity index (χ4n) is 2.56. The lowest BCUT2D eigenvalue weighted by Gasteiger charge is -2.13. The van der Waals surface area contributed by atoms with Gasteiger partial charge in [0.2, 0.25) is 11.1 Å². The van der Waals surface area contributed by atoms with Crippen LogP contribution in [0.3, 0.4) is 0 Å². The van der Waals surface area contributed by atoms with E-state index >= 15 is 0 Å². The molecule has 2 heterocycles. The van der Waals surface area contributed by atoms with Crippen LogP contribution in [0, 0.1) is 5.82 Å². The minimum atomic E-state index is -0.402. The molecule has 0 bridgehead atoms. The quantitative estimate of drug-likeness (QED) is 0.754. The van der Waals surface area contributed by atoms with E-state index in [1.165, 1.54) is 17.8 Å². The maximum Gasteiger partial charge on any atom is 0.233 e. The van der Waals surface area contributed by atoms with Gasteiger partial charge in [-0.1, -0.05) is 30.0 Å². The number of thioether (sulfide) groups is 1. The smallest absolute Gasteiger partial charge is 0.233 e. The second kappa shape index (κ2) is 8.39. The van der Waals surface area contributed by atoms with Gasteiger partial charge in [-0.3, -0.25) is 4.79 Å². The third-order valence-corrected chi connectivity index (χ3v) is 5.03. The van der Waals surface area contributed by atoms with E-state index in [1.54, 1.807) is 29.8 Å². The van der Waals surface area contributed by atoms with Crippen LogP contribution in [-0.2, 0) is 22.6 Å². The molecule has 1 aromatic heterocycles. The van der Waals surface area contributed by atoms with E-state index in [-0.39, 0.29) is 24.4 Å². The molecule has 2 aromatic rings. The number of aromatic nitrogens is 4. The Morgan fingerprint density at radius 3 is 3.12 bits per heavy atom. The number of nitrogens with one attached hydrogen (secondary N) is 1. The Morgan fingerprint density at radius 2 is 2.36 bits per heavy atom. The van der Waals surface area contributed by atoms with Gasteiger partial charge >= 0.3 is 0 Å². The van der Waals surface area contributed by atoms with Crippen LogP contribution in [0.4, 0.5) is 4.39 Å². The summed E-state index contributed by atoms with van der Waals surface area (Å²) in [5.41, 5.74) is 0.455. The molecule has 9 heteroatoms. The van der Waals surface area contributed by atoms with Crippen molar-refractivity contribution in [2.24, 2.45) is 0 Å². The third kappa shape index (κ3) is 4.76. The molecule has 0 saturated carbocycles. The summed E-state index contributed by atoms with van der Waals surface area (Å²) in [6.07, 6.45) is 2.15. The molecule has 3 rings (SSSR count). The molecule has 2 unspecified atom stereocenters. The summed E-state index contributed by atoms with van der Waals surface area (Å²) in [7, 11) is 0. The largest absolute Gasteiger partial charge is 0.376 e. The van der Waals surface area contributed by atoms with Crippen molar-refractivity contribution < 1.29 is 13.9 Å². The van der Waals surface area contributed by atoms with Gasteiger partial charge in [-0.05, 0) is 36.3 Å². The Kier molecular flexibility index (Phi) is 5.98. The highest BCUT2D eigenvalue weighted by molar-refractivity contribution is 8.00. The minimum absolute atomic E-state index is 0.119. The van der Waals surface area contributed by atoms with Gasteiger partial charge in [-0.15, -0.1) is 5.10 Å². The summed E-state index contributed by atoms with van der Waals surface area (Å²) in [6.45, 7) is 3.27. The molecule has 1 fully saturated rings. The van der Waals surface area contributed by atoms with Gasteiger partial charge in [-0.2, -0.15) is 0 Å². The van der Waals surface area contributed by atoms with Gasteiger partial charge in [0.05, 0.1) is 17.9 Å².